The van der Waals surface area contributed by atoms with Crippen molar-refractivity contribution in [1.29, 1.82) is 0 Å². The largest absolute Gasteiger partial charge is 0.508 e. The van der Waals surface area contributed by atoms with E-state index in [1.807, 2.05) is 0 Å². The van der Waals surface area contributed by atoms with Crippen molar-refractivity contribution in [2.24, 2.45) is 11.5 Å². The summed E-state index contributed by atoms with van der Waals surface area (Å²) in [5.74, 6) is -20.4. The molecule has 0 saturated carbocycles. The topological polar surface area (TPSA) is 698 Å². The number of fused-ring (bicyclic) bond motifs is 4. The van der Waals surface area contributed by atoms with Gasteiger partial charge in [0.15, 0.2) is 0 Å². The predicted octanol–water partition coefficient (Wildman–Crippen LogP) is -0.876. The van der Waals surface area contributed by atoms with Crippen molar-refractivity contribution in [2.45, 2.75) is 188 Å². The second kappa shape index (κ2) is 50.3. The van der Waals surface area contributed by atoms with Crippen LogP contribution >= 0.6 is 11.8 Å². The fourth-order valence-electron chi connectivity index (χ4n) is 16.6. The number of thioether (sulfide) groups is 1. The van der Waals surface area contributed by atoms with E-state index < -0.39 is 235 Å². The molecule has 0 aliphatic carbocycles. The van der Waals surface area contributed by atoms with E-state index in [0.717, 1.165) is 13.8 Å². The second-order valence-electron chi connectivity index (χ2n) is 35.3. The standard InChI is InChI=1S/C100H116N20O23S/c1-51-88(131)110-75(38-56-27-33-63(126)34-28-56)96(139)119-85(52(2)122)99(142)115-79(42-60-47-106-71-21-11-7-17-67(60)71)93(136)114-78(41-59-46-105-70-20-10-6-16-66(59)70)94(137)117-81(48-121)98(141)118-82(87(102)130)49-144-50-83(127)108-76(39-57-44-103-68-18-8-4-14-64(57)68)97(140)120-86(53(3)123)100(143)116-80(43-84(128)129)95(138)109-72(22-12-13-35-101)89(132)111-73(36-54-23-29-61(124)30-24-54)91(134)112-74(37-55-25-31-62(125)32-26-55)92(135)113-77(90(133)107-51)40-58-45-104-69-19-9-5-15-65(58)69/h4-11,14-21,23-34,44-47,51-53,72-82,85-86,103-106,121-126H,12-13,22,35-43,48-50,101H2,1-3H3,(H2,102,130)(H,107,133)(H,108,127)(H,109,138)(H,110,131)(H,111,132)(H,112,134)(H,113,135)(H,114,136)(H,115,142)(H,116,143)(H,117,137)(H,118,141)(H,119,139)(H,120,140)(H,128,129)/t51-,52+,53+,72-,73-,74-,75-,76+,77-,78-,79-,80-,81-,82-,85-,86-/m0/s1. The first-order valence-corrected chi connectivity index (χ1v) is 47.7. The van der Waals surface area contributed by atoms with Crippen LogP contribution in [-0.2, 0) is 122 Å². The molecular weight excluding hydrogens is 1880 g/mol. The Labute approximate surface area is 827 Å². The highest BCUT2D eigenvalue weighted by molar-refractivity contribution is 8.00. The van der Waals surface area contributed by atoms with Crippen LogP contribution in [0.2, 0.25) is 0 Å². The van der Waals surface area contributed by atoms with Gasteiger partial charge in [0, 0.05) is 119 Å². The number of aliphatic carboxylic acids is 1. The first-order valence-electron chi connectivity index (χ1n) is 46.5. The summed E-state index contributed by atoms with van der Waals surface area (Å²) in [6, 6.07) is 18.5. The summed E-state index contributed by atoms with van der Waals surface area (Å²) in [5.41, 5.74) is 16.8. The van der Waals surface area contributed by atoms with E-state index in [0.29, 0.717) is 88.8 Å². The fraction of sp³-hybridized carbons (Fsp3) is 0.340. The van der Waals surface area contributed by atoms with Gasteiger partial charge in [-0.05, 0) is 146 Å². The molecule has 4 aromatic heterocycles. The number of rotatable bonds is 24. The monoisotopic (exact) mass is 2000 g/mol. The molecule has 11 aromatic rings. The molecule has 44 heteroatoms. The van der Waals surface area contributed by atoms with Crippen molar-refractivity contribution in [2.75, 3.05) is 24.7 Å². The molecule has 0 spiro atoms. The number of aliphatic hydroxyl groups excluding tert-OH is 3. The molecule has 7 aromatic carbocycles. The maximum Gasteiger partial charge on any atom is 0.305 e. The van der Waals surface area contributed by atoms with Crippen LogP contribution in [0.4, 0.5) is 0 Å². The van der Waals surface area contributed by atoms with Gasteiger partial charge in [0.2, 0.25) is 88.6 Å². The van der Waals surface area contributed by atoms with Crippen molar-refractivity contribution in [3.05, 3.63) is 234 Å². The van der Waals surface area contributed by atoms with Gasteiger partial charge in [0.25, 0.3) is 0 Å². The molecule has 1 fully saturated rings. The summed E-state index contributed by atoms with van der Waals surface area (Å²) in [6.07, 6.45) is -1.34. The van der Waals surface area contributed by atoms with E-state index in [1.54, 1.807) is 122 Å². The number of carboxylic acid groups (broad SMARTS) is 1. The first-order chi connectivity index (χ1) is 69.0. The molecule has 0 radical (unpaired) electrons. The number of aliphatic hydroxyl groups is 3. The number of hydrogen-bond acceptors (Lipinski definition) is 24. The molecular formula is C100H116N20O23S. The number of phenols is 3. The third kappa shape index (κ3) is 29.3. The van der Waals surface area contributed by atoms with E-state index in [2.05, 4.69) is 94.4 Å². The van der Waals surface area contributed by atoms with E-state index in [-0.39, 0.29) is 74.3 Å². The van der Waals surface area contributed by atoms with Crippen LogP contribution in [0.5, 0.6) is 17.2 Å². The van der Waals surface area contributed by atoms with Gasteiger partial charge in [0.1, 0.15) is 102 Å². The highest BCUT2D eigenvalue weighted by Crippen LogP contribution is 2.27. The van der Waals surface area contributed by atoms with Crippen LogP contribution in [0.15, 0.2) is 195 Å². The Morgan fingerprint density at radius 2 is 0.646 bits per heavy atom. The van der Waals surface area contributed by atoms with Crippen LogP contribution in [0.3, 0.4) is 0 Å². The normalized spacial score (nSPS) is 22.8. The minimum atomic E-state index is -2.13. The number of carboxylic acids is 1. The van der Waals surface area contributed by atoms with E-state index >= 15 is 38.4 Å². The van der Waals surface area contributed by atoms with Gasteiger partial charge in [-0.2, -0.15) is 0 Å². The number of H-pyrrole nitrogens is 4. The van der Waals surface area contributed by atoms with Crippen LogP contribution < -0.4 is 85.9 Å². The first kappa shape index (κ1) is 107. The molecule has 0 unspecified atom stereocenters. The number of unbranched alkanes of at least 4 members (excludes halogenated alkanes) is 1. The minimum absolute atomic E-state index is 0.0537. The molecule has 1 aliphatic heterocycles. The van der Waals surface area contributed by atoms with Gasteiger partial charge in [-0.15, -0.1) is 11.8 Å². The fourth-order valence-corrected chi connectivity index (χ4v) is 17.5. The van der Waals surface area contributed by atoms with Gasteiger partial charge in [-0.1, -0.05) is 109 Å². The van der Waals surface area contributed by atoms with Crippen LogP contribution in [0, 0.1) is 0 Å². The summed E-state index contributed by atoms with van der Waals surface area (Å²) < 4.78 is 0. The number of amides is 15. The highest BCUT2D eigenvalue weighted by Gasteiger charge is 2.41. The number of nitrogens with two attached hydrogens (primary N) is 2. The number of carbonyl (C=O) groups excluding carboxylic acids is 15. The summed E-state index contributed by atoms with van der Waals surface area (Å²) >= 11 is 0.699. The van der Waals surface area contributed by atoms with Crippen molar-refractivity contribution >= 4 is 150 Å². The Balaban J connectivity index is 0.907. The molecule has 1 aliphatic rings. The van der Waals surface area contributed by atoms with E-state index in [1.165, 1.54) is 79.7 Å². The molecule has 144 heavy (non-hydrogen) atoms. The lowest BCUT2D eigenvalue weighted by atomic mass is 10.00. The Hall–Kier alpha value is -16.2. The number of primary amides is 1. The molecule has 760 valence electrons. The van der Waals surface area contributed by atoms with Gasteiger partial charge in [-0.3, -0.25) is 76.7 Å². The average Bonchev–Trinajstić information content (AvgIpc) is 1.61. The lowest BCUT2D eigenvalue weighted by Crippen LogP contribution is -2.62. The second-order valence-corrected chi connectivity index (χ2v) is 36.3. The van der Waals surface area contributed by atoms with Crippen molar-refractivity contribution in [1.82, 2.24) is 94.4 Å². The molecule has 15 amide bonds. The predicted molar refractivity (Wildman–Crippen MR) is 528 cm³/mol. The molecule has 1 saturated heterocycles. The Bertz CT molecular complexity index is 6470. The SMILES string of the molecule is C[C@@H]1NC(=O)[C@H](Cc2c[nH]c3ccccc23)NC(=O)[C@H](Cc2ccc(O)cc2)NC(=O)[C@H](Cc2ccc(O)cc2)NC(=O)[C@H](CCCCN)NC(=O)[C@H](CC(=O)O)NC(=O)[C@H]([C@@H](C)O)NC(=O)[C@@H](Cc2c[nH]c3ccccc23)NC(=O)CSC[C@@H](C(N)=O)NC(=O)[C@H](CO)NC(=O)[C@H](Cc2c[nH]c3ccccc23)NC(=O)[C@H](Cc2c[nH]c3ccccc23)NC(=O)[C@H]([C@@H](C)O)NC(=O)[C@H](Cc2ccc(O)cc2)NC1=O. The molecule has 0 bridgehead atoms. The molecule has 29 N–H and O–H groups in total. The van der Waals surface area contributed by atoms with Gasteiger partial charge in [0.05, 0.1) is 31.0 Å². The quantitative estimate of drug-likeness (QED) is 0.0327. The zero-order valence-corrected chi connectivity index (χ0v) is 79.4. The van der Waals surface area contributed by atoms with E-state index in [9.17, 15) is 74.1 Å². The number of nitrogens with one attached hydrogen (secondary N) is 18. The lowest BCUT2D eigenvalue weighted by molar-refractivity contribution is -0.142. The number of aromatic nitrogens is 4. The number of hydrogen-bond donors (Lipinski definition) is 27. The number of benzene rings is 7. The van der Waals surface area contributed by atoms with Crippen LogP contribution in [-0.4, -0.2) is 272 Å². The van der Waals surface area contributed by atoms with Crippen LogP contribution in [0.25, 0.3) is 43.6 Å². The minimum Gasteiger partial charge on any atom is -0.508 e. The van der Waals surface area contributed by atoms with Crippen molar-refractivity contribution in [3.8, 4) is 17.2 Å². The number of para-hydroxylation sites is 4. The maximum absolute atomic E-state index is 15.6. The van der Waals surface area contributed by atoms with Crippen LogP contribution in [0.1, 0.15) is 85.4 Å². The van der Waals surface area contributed by atoms with Gasteiger partial charge < -0.3 is 142 Å². The smallest absolute Gasteiger partial charge is 0.305 e. The Morgan fingerprint density at radius 1 is 0.354 bits per heavy atom. The number of carbonyl (C=O) groups is 16. The van der Waals surface area contributed by atoms with Crippen molar-refractivity contribution < 1.29 is 112 Å². The number of aromatic hydroxyl groups is 3. The maximum atomic E-state index is 15.6. The van der Waals surface area contributed by atoms with Gasteiger partial charge in [-0.25, -0.2) is 0 Å². The lowest BCUT2D eigenvalue weighted by Gasteiger charge is -2.29. The average molecular weight is 2000 g/mol. The Kier molecular flexibility index (Phi) is 37.2. The molecule has 43 nitrogen and oxygen atoms in total. The zero-order chi connectivity index (χ0) is 104. The molecule has 12 rings (SSSR count). The molecule has 5 heterocycles. The number of phenolic OH excluding ortho intramolecular Hbond substituents is 3. The Morgan fingerprint density at radius 3 is 0.993 bits per heavy atom. The van der Waals surface area contributed by atoms with E-state index in [4.69, 9.17) is 11.5 Å². The highest BCUT2D eigenvalue weighted by atomic mass is 32.2. The number of aromatic amines is 4. The third-order valence-corrected chi connectivity index (χ3v) is 25.5. The summed E-state index contributed by atoms with van der Waals surface area (Å²) in [6.45, 7) is 2.34. The summed E-state index contributed by atoms with van der Waals surface area (Å²) in [4.78, 5) is 249. The zero-order valence-electron chi connectivity index (χ0n) is 78.5. The third-order valence-electron chi connectivity index (χ3n) is 24.4. The van der Waals surface area contributed by atoms with Gasteiger partial charge >= 0.3 is 5.97 Å². The summed E-state index contributed by atoms with van der Waals surface area (Å²) in [7, 11) is 0. The van der Waals surface area contributed by atoms with Crippen molar-refractivity contribution in [3.63, 3.8) is 0 Å². The molecule has 16 atom stereocenters. The summed E-state index contributed by atoms with van der Waals surface area (Å²) in [5, 5.41) is 114.